The number of fused-ring (bicyclic) bond motifs is 1. The fourth-order valence-corrected chi connectivity index (χ4v) is 4.48. The Balaban J connectivity index is 2.09. The minimum atomic E-state index is -3.61. The molecule has 112 valence electrons. The Bertz CT molecular complexity index is 765. The molecule has 0 amide bonds. The molecule has 1 aliphatic rings. The zero-order chi connectivity index (χ0) is 15.0. The number of sulfonamides is 1. The van der Waals surface area contributed by atoms with E-state index in [-0.39, 0.29) is 11.4 Å². The van der Waals surface area contributed by atoms with Gasteiger partial charge in [-0.05, 0) is 31.4 Å². The molecule has 2 aromatic rings. The highest BCUT2D eigenvalue weighted by atomic mass is 32.2. The fraction of sp³-hybridized carbons (Fsp3) is 0.333. The van der Waals surface area contributed by atoms with Crippen molar-refractivity contribution in [2.75, 3.05) is 10.8 Å². The average Bonchev–Trinajstić information content (AvgIpc) is 2.88. The van der Waals surface area contributed by atoms with Gasteiger partial charge in [0.15, 0.2) is 0 Å². The maximum Gasteiger partial charge on any atom is 0.267 e. The Labute approximate surface area is 124 Å². The van der Waals surface area contributed by atoms with Gasteiger partial charge in [0.2, 0.25) is 0 Å². The van der Waals surface area contributed by atoms with E-state index in [1.807, 2.05) is 24.3 Å². The normalized spacial score (nSPS) is 15.0. The van der Waals surface area contributed by atoms with Crippen LogP contribution in [0, 0.1) is 6.92 Å². The lowest BCUT2D eigenvalue weighted by Crippen LogP contribution is -2.35. The van der Waals surface area contributed by atoms with Gasteiger partial charge < -0.3 is 10.2 Å². The largest absolute Gasteiger partial charge is 0.464 e. The SMILES string of the molecule is Cc1oc(CN)cc1S(=O)(=O)N1CCCc2ccccc21. The van der Waals surface area contributed by atoms with Crippen molar-refractivity contribution in [3.8, 4) is 0 Å². The highest BCUT2D eigenvalue weighted by Crippen LogP contribution is 2.33. The topological polar surface area (TPSA) is 76.5 Å². The molecule has 5 nitrogen and oxygen atoms in total. The van der Waals surface area contributed by atoms with Crippen molar-refractivity contribution in [2.45, 2.75) is 31.2 Å². The number of para-hydroxylation sites is 1. The van der Waals surface area contributed by atoms with Crippen molar-refractivity contribution < 1.29 is 12.8 Å². The maximum atomic E-state index is 12.9. The molecule has 6 heteroatoms. The fourth-order valence-electron chi connectivity index (χ4n) is 2.75. The van der Waals surface area contributed by atoms with Crippen LogP contribution in [0.4, 0.5) is 5.69 Å². The van der Waals surface area contributed by atoms with Gasteiger partial charge in [0.1, 0.15) is 16.4 Å². The summed E-state index contributed by atoms with van der Waals surface area (Å²) < 4.78 is 32.7. The Morgan fingerprint density at radius 3 is 2.81 bits per heavy atom. The first-order valence-corrected chi connectivity index (χ1v) is 8.38. The summed E-state index contributed by atoms with van der Waals surface area (Å²) in [5, 5.41) is 0. The Morgan fingerprint density at radius 1 is 1.33 bits per heavy atom. The second-order valence-corrected chi connectivity index (χ2v) is 6.98. The number of anilines is 1. The summed E-state index contributed by atoms with van der Waals surface area (Å²) in [5.41, 5.74) is 7.35. The van der Waals surface area contributed by atoms with E-state index in [1.54, 1.807) is 6.92 Å². The summed E-state index contributed by atoms with van der Waals surface area (Å²) >= 11 is 0. The third kappa shape index (κ3) is 2.34. The first-order chi connectivity index (χ1) is 10.0. The Morgan fingerprint density at radius 2 is 2.10 bits per heavy atom. The number of benzene rings is 1. The molecule has 2 N–H and O–H groups in total. The van der Waals surface area contributed by atoms with Crippen LogP contribution in [0.15, 0.2) is 39.6 Å². The molecule has 0 bridgehead atoms. The van der Waals surface area contributed by atoms with Gasteiger partial charge in [-0.1, -0.05) is 18.2 Å². The van der Waals surface area contributed by atoms with Crippen LogP contribution in [0.2, 0.25) is 0 Å². The van der Waals surface area contributed by atoms with Gasteiger partial charge in [-0.15, -0.1) is 0 Å². The van der Waals surface area contributed by atoms with E-state index in [0.29, 0.717) is 18.1 Å². The molecule has 0 saturated carbocycles. The predicted molar refractivity (Wildman–Crippen MR) is 80.6 cm³/mol. The molecule has 1 aromatic heterocycles. The average molecular weight is 306 g/mol. The van der Waals surface area contributed by atoms with Gasteiger partial charge in [-0.2, -0.15) is 0 Å². The number of nitrogens with zero attached hydrogens (tertiary/aromatic N) is 1. The van der Waals surface area contributed by atoms with Crippen LogP contribution in [-0.4, -0.2) is 15.0 Å². The summed E-state index contributed by atoms with van der Waals surface area (Å²) in [7, 11) is -3.61. The number of rotatable bonds is 3. The van der Waals surface area contributed by atoms with E-state index in [9.17, 15) is 8.42 Å². The number of aryl methyl sites for hydroxylation is 2. The zero-order valence-electron chi connectivity index (χ0n) is 11.9. The molecule has 0 unspecified atom stereocenters. The third-order valence-electron chi connectivity index (χ3n) is 3.76. The molecule has 1 aromatic carbocycles. The van der Waals surface area contributed by atoms with Crippen molar-refractivity contribution in [1.29, 1.82) is 0 Å². The van der Waals surface area contributed by atoms with Crippen molar-refractivity contribution in [3.63, 3.8) is 0 Å². The summed E-state index contributed by atoms with van der Waals surface area (Å²) in [5.74, 6) is 0.870. The Kier molecular flexibility index (Phi) is 3.51. The molecule has 0 saturated heterocycles. The summed E-state index contributed by atoms with van der Waals surface area (Å²) in [6.45, 7) is 2.33. The van der Waals surface area contributed by atoms with Gasteiger partial charge in [0, 0.05) is 12.6 Å². The summed E-state index contributed by atoms with van der Waals surface area (Å²) in [4.78, 5) is 0.208. The zero-order valence-corrected chi connectivity index (χ0v) is 12.7. The van der Waals surface area contributed by atoms with Crippen LogP contribution in [0.5, 0.6) is 0 Å². The van der Waals surface area contributed by atoms with Crippen LogP contribution in [0.3, 0.4) is 0 Å². The Hall–Kier alpha value is -1.79. The monoisotopic (exact) mass is 306 g/mol. The molecular weight excluding hydrogens is 288 g/mol. The van der Waals surface area contributed by atoms with Crippen molar-refractivity contribution in [1.82, 2.24) is 0 Å². The lowest BCUT2D eigenvalue weighted by atomic mass is 10.0. The van der Waals surface area contributed by atoms with E-state index >= 15 is 0 Å². The van der Waals surface area contributed by atoms with E-state index in [0.717, 1.165) is 24.1 Å². The third-order valence-corrected chi connectivity index (χ3v) is 5.68. The van der Waals surface area contributed by atoms with E-state index in [1.165, 1.54) is 10.4 Å². The molecule has 21 heavy (non-hydrogen) atoms. The van der Waals surface area contributed by atoms with Crippen molar-refractivity contribution in [2.24, 2.45) is 5.73 Å². The van der Waals surface area contributed by atoms with Crippen molar-refractivity contribution >= 4 is 15.7 Å². The van der Waals surface area contributed by atoms with Gasteiger partial charge in [-0.3, -0.25) is 4.31 Å². The lowest BCUT2D eigenvalue weighted by molar-refractivity contribution is 0.478. The van der Waals surface area contributed by atoms with Gasteiger partial charge >= 0.3 is 0 Å². The second-order valence-electron chi connectivity index (χ2n) is 5.15. The molecule has 0 spiro atoms. The second kappa shape index (κ2) is 5.20. The molecular formula is C15H18N2O3S. The van der Waals surface area contributed by atoms with Gasteiger partial charge in [0.25, 0.3) is 10.0 Å². The summed E-state index contributed by atoms with van der Waals surface area (Å²) in [6, 6.07) is 9.16. The number of furan rings is 1. The van der Waals surface area contributed by atoms with Gasteiger partial charge in [-0.25, -0.2) is 8.42 Å². The predicted octanol–water partition coefficient (Wildman–Crippen LogP) is 2.19. The molecule has 0 atom stereocenters. The quantitative estimate of drug-likeness (QED) is 0.943. The standard InChI is InChI=1S/C15H18N2O3S/c1-11-15(9-13(10-16)20-11)21(18,19)17-8-4-6-12-5-2-3-7-14(12)17/h2-3,5,7,9H,4,6,8,10,16H2,1H3. The minimum Gasteiger partial charge on any atom is -0.464 e. The maximum absolute atomic E-state index is 12.9. The van der Waals surface area contributed by atoms with Crippen LogP contribution in [-0.2, 0) is 23.0 Å². The molecule has 1 aliphatic heterocycles. The number of hydrogen-bond donors (Lipinski definition) is 1. The first kappa shape index (κ1) is 14.2. The van der Waals surface area contributed by atoms with Crippen LogP contribution in [0.1, 0.15) is 23.5 Å². The first-order valence-electron chi connectivity index (χ1n) is 6.94. The van der Waals surface area contributed by atoms with Crippen LogP contribution in [0.25, 0.3) is 0 Å². The van der Waals surface area contributed by atoms with Crippen LogP contribution >= 0.6 is 0 Å². The molecule has 0 radical (unpaired) electrons. The summed E-state index contributed by atoms with van der Waals surface area (Å²) in [6.07, 6.45) is 1.72. The van der Waals surface area contributed by atoms with Crippen molar-refractivity contribution in [3.05, 3.63) is 47.4 Å². The van der Waals surface area contributed by atoms with E-state index in [4.69, 9.17) is 10.2 Å². The number of hydrogen-bond acceptors (Lipinski definition) is 4. The molecule has 2 heterocycles. The highest BCUT2D eigenvalue weighted by molar-refractivity contribution is 7.92. The lowest BCUT2D eigenvalue weighted by Gasteiger charge is -2.30. The highest BCUT2D eigenvalue weighted by Gasteiger charge is 2.31. The van der Waals surface area contributed by atoms with Gasteiger partial charge in [0.05, 0.1) is 12.2 Å². The number of nitrogens with two attached hydrogens (primary N) is 1. The van der Waals surface area contributed by atoms with Crippen LogP contribution < -0.4 is 10.0 Å². The van der Waals surface area contributed by atoms with E-state index < -0.39 is 10.0 Å². The minimum absolute atomic E-state index is 0.187. The molecule has 3 rings (SSSR count). The molecule has 0 fully saturated rings. The molecule has 0 aliphatic carbocycles. The smallest absolute Gasteiger partial charge is 0.267 e. The van der Waals surface area contributed by atoms with E-state index in [2.05, 4.69) is 0 Å².